The third-order valence-electron chi connectivity index (χ3n) is 4.27. The van der Waals surface area contributed by atoms with Crippen LogP contribution in [0.1, 0.15) is 21.5 Å². The van der Waals surface area contributed by atoms with E-state index in [4.69, 9.17) is 4.74 Å². The number of amides is 1. The Morgan fingerprint density at radius 3 is 2.32 bits per heavy atom. The van der Waals surface area contributed by atoms with Crippen LogP contribution in [0.2, 0.25) is 0 Å². The average Bonchev–Trinajstić information content (AvgIpc) is 2.67. The Kier molecular flexibility index (Phi) is 6.93. The predicted octanol–water partition coefficient (Wildman–Crippen LogP) is 2.06. The van der Waals surface area contributed by atoms with Gasteiger partial charge in [0, 0.05) is 27.7 Å². The summed E-state index contributed by atoms with van der Waals surface area (Å²) in [6.45, 7) is 1.94. The van der Waals surface area contributed by atoms with E-state index < -0.39 is 22.6 Å². The Balaban J connectivity index is 2.00. The van der Waals surface area contributed by atoms with Crippen LogP contribution in [0.3, 0.4) is 0 Å². The molecule has 0 radical (unpaired) electrons. The molecule has 0 unspecified atom stereocenters. The van der Waals surface area contributed by atoms with E-state index in [2.05, 4.69) is 0 Å². The second kappa shape index (κ2) is 8.99. The van der Waals surface area contributed by atoms with Crippen molar-refractivity contribution in [2.24, 2.45) is 0 Å². The molecule has 0 bridgehead atoms. The molecule has 2 rings (SSSR count). The summed E-state index contributed by atoms with van der Waals surface area (Å²) in [5.41, 5.74) is 2.14. The zero-order valence-corrected chi connectivity index (χ0v) is 17.2. The van der Waals surface area contributed by atoms with Crippen molar-refractivity contribution in [2.45, 2.75) is 18.4 Å². The molecule has 0 aliphatic heterocycles. The summed E-state index contributed by atoms with van der Waals surface area (Å²) in [5, 5.41) is 0. The van der Waals surface area contributed by atoms with Crippen molar-refractivity contribution < 1.29 is 22.7 Å². The number of rotatable bonds is 7. The van der Waals surface area contributed by atoms with Gasteiger partial charge in [0.15, 0.2) is 6.61 Å². The first-order chi connectivity index (χ1) is 13.1. The Bertz CT molecular complexity index is 970. The molecule has 2 aromatic rings. The van der Waals surface area contributed by atoms with Gasteiger partial charge in [0.05, 0.1) is 10.5 Å². The number of carbonyl (C=O) groups is 2. The minimum Gasteiger partial charge on any atom is -0.452 e. The van der Waals surface area contributed by atoms with Crippen LogP contribution in [0.25, 0.3) is 0 Å². The molecule has 0 heterocycles. The maximum atomic E-state index is 12.3. The van der Waals surface area contributed by atoms with Crippen molar-refractivity contribution in [1.29, 1.82) is 0 Å². The van der Waals surface area contributed by atoms with Gasteiger partial charge < -0.3 is 9.64 Å². The highest BCUT2D eigenvalue weighted by Crippen LogP contribution is 2.16. The van der Waals surface area contributed by atoms with Crippen LogP contribution in [0, 0.1) is 6.92 Å². The highest BCUT2D eigenvalue weighted by Gasteiger charge is 2.20. The quantitative estimate of drug-likeness (QED) is 0.660. The molecule has 8 heteroatoms. The van der Waals surface area contributed by atoms with E-state index in [0.29, 0.717) is 6.54 Å². The molecule has 1 amide bonds. The van der Waals surface area contributed by atoms with Crippen molar-refractivity contribution >= 4 is 21.9 Å². The number of likely N-dealkylation sites (N-methyl/N-ethyl adjacent to an activating group) is 1. The fraction of sp³-hybridized carbons (Fsp3) is 0.300. The number of ether oxygens (including phenoxy) is 1. The van der Waals surface area contributed by atoms with Gasteiger partial charge in [-0.15, -0.1) is 0 Å². The first-order valence-corrected chi connectivity index (χ1v) is 10.0. The van der Waals surface area contributed by atoms with Gasteiger partial charge in [-0.05, 0) is 36.2 Å². The third kappa shape index (κ3) is 5.17. The lowest BCUT2D eigenvalue weighted by atomic mass is 10.1. The number of hydrogen-bond donors (Lipinski definition) is 0. The summed E-state index contributed by atoms with van der Waals surface area (Å²) in [6, 6.07) is 13.2. The van der Waals surface area contributed by atoms with Gasteiger partial charge in [0.1, 0.15) is 0 Å². The van der Waals surface area contributed by atoms with Gasteiger partial charge in [-0.1, -0.05) is 30.3 Å². The fourth-order valence-corrected chi connectivity index (χ4v) is 3.39. The zero-order chi connectivity index (χ0) is 20.9. The lowest BCUT2D eigenvalue weighted by Gasteiger charge is -2.18. The summed E-state index contributed by atoms with van der Waals surface area (Å²) in [5.74, 6) is -1.11. The normalized spacial score (nSPS) is 11.3. The first kappa shape index (κ1) is 21.6. The Morgan fingerprint density at radius 1 is 1.00 bits per heavy atom. The maximum absolute atomic E-state index is 12.3. The molecule has 0 aromatic heterocycles. The Hall–Kier alpha value is -2.71. The van der Waals surface area contributed by atoms with E-state index in [1.54, 1.807) is 7.05 Å². The number of carbonyl (C=O) groups excluding carboxylic acids is 2. The van der Waals surface area contributed by atoms with E-state index in [0.717, 1.165) is 15.4 Å². The standard InChI is InChI=1S/C20H24N2O5S/c1-15-8-5-6-9-17(15)13-22(4)19(23)14-27-20(24)16-10-7-11-18(12-16)28(25,26)21(2)3/h5-12H,13-14H2,1-4H3. The topological polar surface area (TPSA) is 84.0 Å². The minimum absolute atomic E-state index is 0.0186. The Labute approximate surface area is 165 Å². The lowest BCUT2D eigenvalue weighted by molar-refractivity contribution is -0.133. The molecule has 7 nitrogen and oxygen atoms in total. The number of sulfonamides is 1. The van der Waals surface area contributed by atoms with Gasteiger partial charge in [-0.3, -0.25) is 4.79 Å². The molecule has 0 N–H and O–H groups in total. The molecule has 150 valence electrons. The van der Waals surface area contributed by atoms with Gasteiger partial charge in [-0.25, -0.2) is 17.5 Å². The van der Waals surface area contributed by atoms with Crippen molar-refractivity contribution in [3.63, 3.8) is 0 Å². The lowest BCUT2D eigenvalue weighted by Crippen LogP contribution is -2.31. The van der Waals surface area contributed by atoms with E-state index in [1.807, 2.05) is 31.2 Å². The summed E-state index contributed by atoms with van der Waals surface area (Å²) in [7, 11) is 0.778. The average molecular weight is 404 g/mol. The van der Waals surface area contributed by atoms with Gasteiger partial charge in [-0.2, -0.15) is 0 Å². The summed E-state index contributed by atoms with van der Waals surface area (Å²) >= 11 is 0. The second-order valence-electron chi connectivity index (χ2n) is 6.57. The summed E-state index contributed by atoms with van der Waals surface area (Å²) in [6.07, 6.45) is 0. The maximum Gasteiger partial charge on any atom is 0.338 e. The molecule has 0 saturated heterocycles. The molecule has 0 atom stereocenters. The zero-order valence-electron chi connectivity index (χ0n) is 16.4. The van der Waals surface area contributed by atoms with Crippen LogP contribution in [-0.4, -0.2) is 57.2 Å². The number of nitrogens with zero attached hydrogens (tertiary/aromatic N) is 2. The van der Waals surface area contributed by atoms with Crippen LogP contribution >= 0.6 is 0 Å². The molecule has 0 aliphatic carbocycles. The van der Waals surface area contributed by atoms with Crippen molar-refractivity contribution in [3.05, 3.63) is 65.2 Å². The summed E-state index contributed by atoms with van der Waals surface area (Å²) < 4.78 is 30.5. The smallest absolute Gasteiger partial charge is 0.338 e. The third-order valence-corrected chi connectivity index (χ3v) is 6.08. The summed E-state index contributed by atoms with van der Waals surface area (Å²) in [4.78, 5) is 25.9. The van der Waals surface area contributed by atoms with Crippen molar-refractivity contribution in [3.8, 4) is 0 Å². The number of aryl methyl sites for hydroxylation is 1. The van der Waals surface area contributed by atoms with Crippen LogP contribution in [0.4, 0.5) is 0 Å². The van der Waals surface area contributed by atoms with Crippen LogP contribution < -0.4 is 0 Å². The molecule has 0 aliphatic rings. The number of benzene rings is 2. The Morgan fingerprint density at radius 2 is 1.68 bits per heavy atom. The highest BCUT2D eigenvalue weighted by atomic mass is 32.2. The molecule has 0 saturated carbocycles. The minimum atomic E-state index is -3.67. The fourth-order valence-electron chi connectivity index (χ4n) is 2.45. The molecular weight excluding hydrogens is 380 g/mol. The second-order valence-corrected chi connectivity index (χ2v) is 8.72. The number of hydrogen-bond acceptors (Lipinski definition) is 5. The van der Waals surface area contributed by atoms with Gasteiger partial charge in [0.2, 0.25) is 10.0 Å². The van der Waals surface area contributed by atoms with Crippen molar-refractivity contribution in [1.82, 2.24) is 9.21 Å². The van der Waals surface area contributed by atoms with Gasteiger partial charge in [0.25, 0.3) is 5.91 Å². The van der Waals surface area contributed by atoms with Crippen LogP contribution in [-0.2, 0) is 26.1 Å². The molecule has 0 spiro atoms. The molecule has 2 aromatic carbocycles. The van der Waals surface area contributed by atoms with Crippen LogP contribution in [0.5, 0.6) is 0 Å². The van der Waals surface area contributed by atoms with Crippen molar-refractivity contribution in [2.75, 3.05) is 27.7 Å². The molecule has 0 fully saturated rings. The molecule has 28 heavy (non-hydrogen) atoms. The first-order valence-electron chi connectivity index (χ1n) is 8.61. The monoisotopic (exact) mass is 404 g/mol. The number of esters is 1. The van der Waals surface area contributed by atoms with E-state index in [9.17, 15) is 18.0 Å². The SMILES string of the molecule is Cc1ccccc1CN(C)C(=O)COC(=O)c1cccc(S(=O)(=O)N(C)C)c1. The largest absolute Gasteiger partial charge is 0.452 e. The van der Waals surface area contributed by atoms with E-state index >= 15 is 0 Å². The van der Waals surface area contributed by atoms with E-state index in [-0.39, 0.29) is 16.4 Å². The van der Waals surface area contributed by atoms with E-state index in [1.165, 1.54) is 43.3 Å². The van der Waals surface area contributed by atoms with Gasteiger partial charge >= 0.3 is 5.97 Å². The predicted molar refractivity (Wildman–Crippen MR) is 105 cm³/mol. The highest BCUT2D eigenvalue weighted by molar-refractivity contribution is 7.89. The molecular formula is C20H24N2O5S. The van der Waals surface area contributed by atoms with Crippen LogP contribution in [0.15, 0.2) is 53.4 Å².